The fourth-order valence-electron chi connectivity index (χ4n) is 9.82. The Balaban J connectivity index is 1.15. The van der Waals surface area contributed by atoms with E-state index >= 15 is 0 Å². The number of hydrogen-bond acceptors (Lipinski definition) is 12. The molecule has 6 rings (SSSR count). The van der Waals surface area contributed by atoms with Crippen molar-refractivity contribution in [2.24, 2.45) is 11.7 Å². The Bertz CT molecular complexity index is 3140. The van der Waals surface area contributed by atoms with Gasteiger partial charge in [0, 0.05) is 29.9 Å². The molecule has 1 heterocycles. The van der Waals surface area contributed by atoms with E-state index in [4.69, 9.17) is 10.5 Å². The van der Waals surface area contributed by atoms with E-state index in [1.165, 1.54) is 30.8 Å². The van der Waals surface area contributed by atoms with Crippen molar-refractivity contribution in [2.75, 3.05) is 18.6 Å². The SMILES string of the molecule is CSCC[C@H](NC(=O)[C@H](Cc1ccccc1)NC(=O)CNC(=O)[C@@H](C)NC(=O)[C@@H](N)Cc1ccc(O)cc1)C(=O)NC1(C(=O)N[C@@H](CC(C)C)C(=O)N[C@@H](Cc2c[nH]c3ccccc23)C(=O)OCc2cc(C(F)(F)F)cc(C(F)(F)F)c2)CCCC1. The summed E-state index contributed by atoms with van der Waals surface area (Å²) in [6.07, 6.45) is -6.04. The van der Waals surface area contributed by atoms with E-state index in [-0.39, 0.29) is 62.7 Å². The standard InChI is InChI=1S/C60H71F6N9O10S/c1-34(2)24-47(53(80)73-49(29-39-31-68-45-15-9-8-14-43(39)45)56(83)85-33-38-25-40(59(61,62)63)30-41(26-38)60(64,65)66)74-57(84)58(21-10-11-22-58)75-55(82)46(20-23-86-4)72-54(81)48(28-36-12-6-5-7-13-36)71-50(77)32-69-51(78)35(3)70-52(79)44(67)27-37-16-18-42(76)19-17-37/h5-9,12-19,25-26,30-31,34-35,44,46-49,68,76H,10-11,20-24,27-29,32-33,67H2,1-4H3,(H,69,78)(H,70,79)(H,71,77)(H,72,81)(H,73,80)(H,74,84)(H,75,82)/t35-,44+,46+,47+,48+,49+/m1/s1. The molecule has 0 radical (unpaired) electrons. The Morgan fingerprint density at radius 3 is 1.90 bits per heavy atom. The number of aromatic nitrogens is 1. The summed E-state index contributed by atoms with van der Waals surface area (Å²) in [6, 6.07) is 14.7. The van der Waals surface area contributed by atoms with Gasteiger partial charge in [-0.2, -0.15) is 38.1 Å². The van der Waals surface area contributed by atoms with Crippen LogP contribution in [0.3, 0.4) is 0 Å². The first-order valence-electron chi connectivity index (χ1n) is 27.8. The predicted molar refractivity (Wildman–Crippen MR) is 308 cm³/mol. The summed E-state index contributed by atoms with van der Waals surface area (Å²) in [7, 11) is 0. The van der Waals surface area contributed by atoms with Crippen molar-refractivity contribution in [2.45, 2.75) is 139 Å². The largest absolute Gasteiger partial charge is 0.508 e. The number of rotatable bonds is 28. The summed E-state index contributed by atoms with van der Waals surface area (Å²) in [5, 5.41) is 28.7. The summed E-state index contributed by atoms with van der Waals surface area (Å²) >= 11 is 1.37. The Hall–Kier alpha value is -8.13. The number of nitrogens with two attached hydrogens (primary N) is 1. The zero-order chi connectivity index (χ0) is 62.9. The van der Waals surface area contributed by atoms with Gasteiger partial charge in [0.2, 0.25) is 41.4 Å². The van der Waals surface area contributed by atoms with Crippen molar-refractivity contribution in [3.63, 3.8) is 0 Å². The lowest BCUT2D eigenvalue weighted by Gasteiger charge is -2.33. The number of aromatic amines is 1. The van der Waals surface area contributed by atoms with Crippen LogP contribution in [0.15, 0.2) is 103 Å². The number of carbonyl (C=O) groups excluding carboxylic acids is 8. The lowest BCUT2D eigenvalue weighted by Crippen LogP contribution is -2.64. The highest BCUT2D eigenvalue weighted by Crippen LogP contribution is 2.37. The number of para-hydroxylation sites is 1. The van der Waals surface area contributed by atoms with Crippen LogP contribution in [-0.2, 0) is 81.3 Å². The molecule has 86 heavy (non-hydrogen) atoms. The molecule has 1 aromatic heterocycles. The van der Waals surface area contributed by atoms with Crippen molar-refractivity contribution in [3.05, 3.63) is 137 Å². The number of phenolic OH excluding ortho intramolecular Hbond substituents is 1. The van der Waals surface area contributed by atoms with Crippen LogP contribution in [0.25, 0.3) is 10.9 Å². The number of amides is 7. The van der Waals surface area contributed by atoms with Crippen LogP contribution >= 0.6 is 11.8 Å². The van der Waals surface area contributed by atoms with Crippen LogP contribution in [0.1, 0.15) is 92.7 Å². The Labute approximate surface area is 496 Å². The molecule has 5 aromatic rings. The van der Waals surface area contributed by atoms with Gasteiger partial charge >= 0.3 is 18.3 Å². The zero-order valence-electron chi connectivity index (χ0n) is 47.7. The average molecular weight is 1220 g/mol. The van der Waals surface area contributed by atoms with Crippen LogP contribution in [-0.4, -0.2) is 118 Å². The number of H-pyrrole nitrogens is 1. The molecule has 1 saturated carbocycles. The molecule has 6 atom stereocenters. The molecule has 1 aliphatic carbocycles. The van der Waals surface area contributed by atoms with Crippen molar-refractivity contribution in [1.29, 1.82) is 0 Å². The number of thioether (sulfide) groups is 1. The molecule has 0 saturated heterocycles. The minimum atomic E-state index is -5.18. The molecule has 19 nitrogen and oxygen atoms in total. The van der Waals surface area contributed by atoms with Gasteiger partial charge in [-0.25, -0.2) is 4.79 Å². The maximum Gasteiger partial charge on any atom is 0.416 e. The topological polar surface area (TPSA) is 292 Å². The van der Waals surface area contributed by atoms with Gasteiger partial charge in [-0.3, -0.25) is 33.6 Å². The molecule has 4 aromatic carbocycles. The lowest BCUT2D eigenvalue weighted by molar-refractivity contribution is -0.149. The van der Waals surface area contributed by atoms with Crippen LogP contribution in [0.2, 0.25) is 0 Å². The third-order valence-corrected chi connectivity index (χ3v) is 15.0. The van der Waals surface area contributed by atoms with E-state index < -0.39 is 131 Å². The normalized spacial score (nSPS) is 15.3. The molecular weight excluding hydrogens is 1150 g/mol. The van der Waals surface area contributed by atoms with E-state index in [0.717, 1.165) is 0 Å². The van der Waals surface area contributed by atoms with Crippen molar-refractivity contribution < 1.29 is 74.5 Å². The maximum atomic E-state index is 14.7. The number of carbonyl (C=O) groups is 8. The van der Waals surface area contributed by atoms with Gasteiger partial charge in [-0.1, -0.05) is 87.4 Å². The molecule has 0 unspecified atom stereocenters. The highest BCUT2D eigenvalue weighted by atomic mass is 32.2. The summed E-state index contributed by atoms with van der Waals surface area (Å²) in [5.74, 6) is -6.46. The maximum absolute atomic E-state index is 14.7. The molecule has 7 amide bonds. The number of halogens is 6. The van der Waals surface area contributed by atoms with E-state index in [1.807, 2.05) is 0 Å². The molecular formula is C60H71F6N9O10S. The van der Waals surface area contributed by atoms with Crippen LogP contribution in [0, 0.1) is 5.92 Å². The highest BCUT2D eigenvalue weighted by Gasteiger charge is 2.46. The van der Waals surface area contributed by atoms with Crippen LogP contribution < -0.4 is 43.0 Å². The number of benzene rings is 4. The molecule has 464 valence electrons. The fourth-order valence-corrected chi connectivity index (χ4v) is 10.3. The van der Waals surface area contributed by atoms with Gasteiger partial charge in [0.25, 0.3) is 0 Å². The van der Waals surface area contributed by atoms with Crippen molar-refractivity contribution in [1.82, 2.24) is 42.2 Å². The number of fused-ring (bicyclic) bond motifs is 1. The first kappa shape index (κ1) is 67.0. The lowest BCUT2D eigenvalue weighted by atomic mass is 9.93. The Kier molecular flexibility index (Phi) is 23.6. The fraction of sp³-hybridized carbons (Fsp3) is 0.433. The van der Waals surface area contributed by atoms with Crippen LogP contribution in [0.5, 0.6) is 5.75 Å². The van der Waals surface area contributed by atoms with Gasteiger partial charge < -0.3 is 57.8 Å². The van der Waals surface area contributed by atoms with Gasteiger partial charge in [0.15, 0.2) is 0 Å². The van der Waals surface area contributed by atoms with Gasteiger partial charge in [0.1, 0.15) is 48.1 Å². The average Bonchev–Trinajstić information content (AvgIpc) is 1.66. The molecule has 0 aliphatic heterocycles. The molecule has 1 aliphatic rings. The first-order chi connectivity index (χ1) is 40.6. The summed E-state index contributed by atoms with van der Waals surface area (Å²) in [4.78, 5) is 114. The number of alkyl halides is 6. The molecule has 26 heteroatoms. The van der Waals surface area contributed by atoms with Crippen LogP contribution in [0.4, 0.5) is 26.3 Å². The van der Waals surface area contributed by atoms with Gasteiger partial charge in [-0.05, 0) is 116 Å². The second-order valence-electron chi connectivity index (χ2n) is 21.7. The van der Waals surface area contributed by atoms with E-state index in [9.17, 15) is 69.8 Å². The van der Waals surface area contributed by atoms with Crippen molar-refractivity contribution >= 4 is 70.0 Å². The number of phenols is 1. The number of hydrogen-bond donors (Lipinski definition) is 10. The number of nitrogens with one attached hydrogen (secondary N) is 8. The zero-order valence-corrected chi connectivity index (χ0v) is 48.5. The second-order valence-corrected chi connectivity index (χ2v) is 22.6. The van der Waals surface area contributed by atoms with E-state index in [0.29, 0.717) is 58.3 Å². The number of ether oxygens (including phenoxy) is 1. The molecule has 0 bridgehead atoms. The minimum Gasteiger partial charge on any atom is -0.508 e. The summed E-state index contributed by atoms with van der Waals surface area (Å²) in [6.45, 7) is 3.25. The highest BCUT2D eigenvalue weighted by molar-refractivity contribution is 7.98. The molecule has 11 N–H and O–H groups in total. The summed E-state index contributed by atoms with van der Waals surface area (Å²) in [5.41, 5.74) is 2.99. The minimum absolute atomic E-state index is 0.0151. The third kappa shape index (κ3) is 19.5. The number of aromatic hydroxyl groups is 1. The van der Waals surface area contributed by atoms with Crippen molar-refractivity contribution in [3.8, 4) is 5.75 Å². The molecule has 1 fully saturated rings. The third-order valence-electron chi connectivity index (χ3n) is 14.4. The summed E-state index contributed by atoms with van der Waals surface area (Å²) < 4.78 is 87.8. The predicted octanol–water partition coefficient (Wildman–Crippen LogP) is 5.80. The van der Waals surface area contributed by atoms with E-state index in [2.05, 4.69) is 42.2 Å². The second kappa shape index (κ2) is 30.3. The van der Waals surface area contributed by atoms with Gasteiger partial charge in [0.05, 0.1) is 23.7 Å². The quantitative estimate of drug-likeness (QED) is 0.0210. The monoisotopic (exact) mass is 1220 g/mol. The smallest absolute Gasteiger partial charge is 0.416 e. The van der Waals surface area contributed by atoms with Gasteiger partial charge in [-0.15, -0.1) is 0 Å². The Morgan fingerprint density at radius 1 is 0.663 bits per heavy atom. The van der Waals surface area contributed by atoms with E-state index in [1.54, 1.807) is 93.0 Å². The molecule has 0 spiro atoms. The Morgan fingerprint density at radius 2 is 1.27 bits per heavy atom. The first-order valence-corrected chi connectivity index (χ1v) is 29.2. The number of esters is 1.